The molecule has 2 heterocycles. The summed E-state index contributed by atoms with van der Waals surface area (Å²) in [6, 6.07) is 3.78. The molecular formula is C25H22BrCl2N3O6. The van der Waals surface area contributed by atoms with Crippen LogP contribution >= 0.6 is 39.1 Å². The molecule has 2 aliphatic heterocycles. The molecule has 5 rings (SSSR count). The van der Waals surface area contributed by atoms with Gasteiger partial charge in [0.1, 0.15) is 5.75 Å². The molecule has 0 radical (unpaired) electrons. The summed E-state index contributed by atoms with van der Waals surface area (Å²) in [6.07, 6.45) is 3.49. The molecule has 0 spiro atoms. The average molecular weight is 611 g/mol. The van der Waals surface area contributed by atoms with Gasteiger partial charge in [0, 0.05) is 11.5 Å². The highest BCUT2D eigenvalue weighted by Crippen LogP contribution is 2.66. The van der Waals surface area contributed by atoms with Crippen molar-refractivity contribution in [2.45, 2.75) is 34.9 Å². The van der Waals surface area contributed by atoms with Gasteiger partial charge in [-0.05, 0) is 30.7 Å². The summed E-state index contributed by atoms with van der Waals surface area (Å²) < 4.78 is 0. The van der Waals surface area contributed by atoms with Crippen molar-refractivity contribution >= 4 is 68.8 Å². The van der Waals surface area contributed by atoms with Gasteiger partial charge in [0.2, 0.25) is 11.8 Å². The Morgan fingerprint density at radius 2 is 1.89 bits per heavy atom. The van der Waals surface area contributed by atoms with E-state index in [1.54, 1.807) is 30.4 Å². The maximum atomic E-state index is 13.7. The zero-order valence-corrected chi connectivity index (χ0v) is 22.4. The van der Waals surface area contributed by atoms with Crippen molar-refractivity contribution in [3.63, 3.8) is 0 Å². The number of allylic oxidation sites excluding steroid dienone is 3. The smallest absolute Gasteiger partial charge is 0.328 e. The largest absolute Gasteiger partial charge is 0.507 e. The highest BCUT2D eigenvalue weighted by molar-refractivity contribution is 9.09. The molecule has 0 unspecified atom stereocenters. The molecule has 6 atom stereocenters. The van der Waals surface area contributed by atoms with Crippen LogP contribution in [0.2, 0.25) is 0 Å². The molecule has 1 aromatic carbocycles. The maximum absolute atomic E-state index is 13.7. The molecule has 3 fully saturated rings. The van der Waals surface area contributed by atoms with Crippen molar-refractivity contribution < 1.29 is 29.1 Å². The quantitative estimate of drug-likeness (QED) is 0.233. The number of likely N-dealkylation sites (tertiary alicyclic amines) is 2. The fraction of sp³-hybridized carbons (Fsp3) is 0.400. The second kappa shape index (κ2) is 8.68. The van der Waals surface area contributed by atoms with Crippen LogP contribution in [0.1, 0.15) is 29.9 Å². The minimum Gasteiger partial charge on any atom is -0.507 e. The Morgan fingerprint density at radius 3 is 2.51 bits per heavy atom. The Kier molecular flexibility index (Phi) is 6.08. The second-order valence-electron chi connectivity index (χ2n) is 9.68. The third kappa shape index (κ3) is 3.18. The van der Waals surface area contributed by atoms with E-state index in [9.17, 15) is 29.1 Å². The number of phenols is 1. The monoisotopic (exact) mass is 609 g/mol. The lowest BCUT2D eigenvalue weighted by molar-refractivity contribution is -0.139. The number of hydrogen-bond donors (Lipinski definition) is 2. The summed E-state index contributed by atoms with van der Waals surface area (Å²) >= 11 is 17.4. The number of amides is 6. The fourth-order valence-corrected chi connectivity index (χ4v) is 7.90. The summed E-state index contributed by atoms with van der Waals surface area (Å²) in [4.78, 5) is 62.7. The number of halogens is 3. The number of alkyl halides is 3. The van der Waals surface area contributed by atoms with Crippen molar-refractivity contribution in [1.82, 2.24) is 9.80 Å². The normalized spacial score (nSPS) is 34.7. The van der Waals surface area contributed by atoms with Gasteiger partial charge in [-0.2, -0.15) is 4.90 Å². The first-order chi connectivity index (χ1) is 17.4. The summed E-state index contributed by atoms with van der Waals surface area (Å²) in [5, 5.41) is 11.3. The predicted octanol–water partition coefficient (Wildman–Crippen LogP) is 2.91. The Hall–Kier alpha value is -2.69. The van der Waals surface area contributed by atoms with Crippen LogP contribution in [0.15, 0.2) is 42.5 Å². The molecule has 6 amide bonds. The van der Waals surface area contributed by atoms with Gasteiger partial charge in [0.25, 0.3) is 11.8 Å². The number of hydrogen-bond acceptors (Lipinski definition) is 6. The number of carbonyl (C=O) groups is 5. The third-order valence-electron chi connectivity index (χ3n) is 8.06. The average Bonchev–Trinajstić information content (AvgIpc) is 3.19. The number of aromatic hydroxyl groups is 1. The number of nitrogens with two attached hydrogens (primary N) is 1. The van der Waals surface area contributed by atoms with E-state index in [1.807, 2.05) is 0 Å². The molecular weight excluding hydrogens is 589 g/mol. The Morgan fingerprint density at radius 1 is 1.19 bits per heavy atom. The number of nitrogens with zero attached hydrogens (tertiary/aromatic N) is 2. The van der Waals surface area contributed by atoms with Gasteiger partial charge in [-0.25, -0.2) is 4.79 Å². The van der Waals surface area contributed by atoms with E-state index in [4.69, 9.17) is 28.9 Å². The zero-order valence-electron chi connectivity index (χ0n) is 19.3. The van der Waals surface area contributed by atoms with Crippen LogP contribution in [0.3, 0.4) is 0 Å². The van der Waals surface area contributed by atoms with Crippen molar-refractivity contribution in [2.24, 2.45) is 23.5 Å². The Labute approximate surface area is 230 Å². The second-order valence-corrected chi connectivity index (χ2v) is 11.4. The van der Waals surface area contributed by atoms with E-state index < -0.39 is 63.1 Å². The van der Waals surface area contributed by atoms with Crippen LogP contribution in [-0.4, -0.2) is 59.8 Å². The first-order valence-electron chi connectivity index (χ1n) is 11.5. The Balaban J connectivity index is 1.76. The molecule has 2 aliphatic carbocycles. The third-order valence-corrected chi connectivity index (χ3v) is 9.98. The van der Waals surface area contributed by atoms with Crippen molar-refractivity contribution in [1.29, 1.82) is 0 Å². The summed E-state index contributed by atoms with van der Waals surface area (Å²) in [5.41, 5.74) is 6.44. The van der Waals surface area contributed by atoms with E-state index in [-0.39, 0.29) is 29.6 Å². The first kappa shape index (κ1) is 25.9. The van der Waals surface area contributed by atoms with Gasteiger partial charge in [0.15, 0.2) is 9.75 Å². The topological polar surface area (TPSA) is 138 Å². The SMILES string of the molecule is C=CCc1cccc([C@H]2C3=CC[C@@H]4C(=O)N(C(N)=O)C(=O)[C@@H]4[C@@H]3C[C@@]3(Cl)C(=O)N(CBr)C(=O)[C@@]23Cl)c1O. The number of phenolic OH excluding ortho intramolecular Hbond substituents is 1. The number of urea groups is 1. The number of fused-ring (bicyclic) bond motifs is 4. The van der Waals surface area contributed by atoms with E-state index in [0.717, 1.165) is 4.90 Å². The van der Waals surface area contributed by atoms with E-state index >= 15 is 0 Å². The molecule has 2 saturated heterocycles. The van der Waals surface area contributed by atoms with Crippen molar-refractivity contribution in [2.75, 3.05) is 5.45 Å². The minimum atomic E-state index is -2.03. The van der Waals surface area contributed by atoms with Crippen LogP contribution < -0.4 is 5.73 Å². The molecule has 37 heavy (non-hydrogen) atoms. The number of carbonyl (C=O) groups excluding carboxylic acids is 5. The zero-order chi connectivity index (χ0) is 27.0. The van der Waals surface area contributed by atoms with Gasteiger partial charge in [-0.15, -0.1) is 29.8 Å². The lowest BCUT2D eigenvalue weighted by Crippen LogP contribution is -2.60. The van der Waals surface area contributed by atoms with Crippen LogP contribution in [0.25, 0.3) is 0 Å². The molecule has 0 bridgehead atoms. The van der Waals surface area contributed by atoms with Crippen LogP contribution in [-0.2, 0) is 25.6 Å². The van der Waals surface area contributed by atoms with Crippen LogP contribution in [0, 0.1) is 17.8 Å². The molecule has 9 nitrogen and oxygen atoms in total. The van der Waals surface area contributed by atoms with Crippen molar-refractivity contribution in [3.8, 4) is 5.75 Å². The molecule has 4 aliphatic rings. The van der Waals surface area contributed by atoms with E-state index in [2.05, 4.69) is 22.5 Å². The Bertz CT molecular complexity index is 1330. The molecule has 1 aromatic rings. The van der Waals surface area contributed by atoms with E-state index in [1.165, 1.54) is 0 Å². The van der Waals surface area contributed by atoms with Crippen molar-refractivity contribution in [3.05, 3.63) is 53.6 Å². The summed E-state index contributed by atoms with van der Waals surface area (Å²) in [7, 11) is 0. The molecule has 194 valence electrons. The van der Waals surface area contributed by atoms with Gasteiger partial charge in [-0.3, -0.25) is 24.1 Å². The molecule has 0 aromatic heterocycles. The number of primary amides is 1. The van der Waals surface area contributed by atoms with Gasteiger partial charge in [-0.1, -0.05) is 51.9 Å². The highest BCUT2D eigenvalue weighted by Gasteiger charge is 2.76. The van der Waals surface area contributed by atoms with Gasteiger partial charge < -0.3 is 10.8 Å². The standard InChI is InChI=1S/C25H22BrCl2N3O6/c1-2-4-11-5-3-6-14(18(11)32)17-12-7-8-13-16(20(34)31(19(13)33)23(29)37)15(12)9-24(27)21(35)30(10-26)22(36)25(17,24)28/h2-3,5-7,13,15-17,32H,1,4,8-10H2,(H2,29,37)/t13-,15+,16-,17+,24+,25-/m0/s1. The minimum absolute atomic E-state index is 0.0843. The summed E-state index contributed by atoms with van der Waals surface area (Å²) in [6.45, 7) is 3.71. The van der Waals surface area contributed by atoms with Crippen LogP contribution in [0.5, 0.6) is 5.75 Å². The fourth-order valence-electron chi connectivity index (χ4n) is 6.48. The lowest BCUT2D eigenvalue weighted by Gasteiger charge is -2.50. The number of imide groups is 4. The molecule has 3 N–H and O–H groups in total. The lowest BCUT2D eigenvalue weighted by atomic mass is 9.56. The van der Waals surface area contributed by atoms with E-state index in [0.29, 0.717) is 22.5 Å². The van der Waals surface area contributed by atoms with Gasteiger partial charge in [0.05, 0.1) is 17.3 Å². The molecule has 1 saturated carbocycles. The first-order valence-corrected chi connectivity index (χ1v) is 13.4. The number of benzene rings is 1. The highest BCUT2D eigenvalue weighted by atomic mass is 79.9. The number of rotatable bonds is 4. The summed E-state index contributed by atoms with van der Waals surface area (Å²) in [5.74, 6) is -6.95. The molecule has 12 heteroatoms. The maximum Gasteiger partial charge on any atom is 0.328 e. The van der Waals surface area contributed by atoms with Crippen LogP contribution in [0.4, 0.5) is 4.79 Å². The number of para-hydroxylation sites is 1. The van der Waals surface area contributed by atoms with Gasteiger partial charge >= 0.3 is 6.03 Å². The predicted molar refractivity (Wildman–Crippen MR) is 137 cm³/mol.